The lowest BCUT2D eigenvalue weighted by molar-refractivity contribution is 0.0603. The summed E-state index contributed by atoms with van der Waals surface area (Å²) in [5, 5.41) is 0.602. The molecule has 7 nitrogen and oxygen atoms in total. The van der Waals surface area contributed by atoms with E-state index in [2.05, 4.69) is 15.0 Å². The van der Waals surface area contributed by atoms with Crippen LogP contribution in [0.25, 0.3) is 22.3 Å². The fraction of sp³-hybridized carbons (Fsp3) is 0.0667. The number of ether oxygens (including phenoxy) is 1. The van der Waals surface area contributed by atoms with E-state index in [9.17, 15) is 9.59 Å². The molecule has 0 aliphatic rings. The number of aromatic amines is 1. The summed E-state index contributed by atoms with van der Waals surface area (Å²) in [6.07, 6.45) is 0. The molecule has 0 fully saturated rings. The van der Waals surface area contributed by atoms with Crippen LogP contribution in [0.2, 0.25) is 5.02 Å². The largest absolute Gasteiger partial charge is 0.465 e. The summed E-state index contributed by atoms with van der Waals surface area (Å²) in [4.78, 5) is 34.8. The maximum Gasteiger partial charge on any atom is 0.338 e. The maximum atomic E-state index is 12.1. The lowest BCUT2D eigenvalue weighted by Gasteiger charge is -2.08. The van der Waals surface area contributed by atoms with Crippen molar-refractivity contribution >= 4 is 34.6 Å². The van der Waals surface area contributed by atoms with E-state index in [1.165, 1.54) is 13.2 Å². The number of nitrogen functional groups attached to an aromatic ring is 1. The minimum Gasteiger partial charge on any atom is -0.465 e. The zero-order valence-corrected chi connectivity index (χ0v) is 12.7. The zero-order chi connectivity index (χ0) is 16.6. The van der Waals surface area contributed by atoms with Crippen molar-refractivity contribution in [3.63, 3.8) is 0 Å². The third-order valence-electron chi connectivity index (χ3n) is 3.24. The van der Waals surface area contributed by atoms with Crippen molar-refractivity contribution in [1.29, 1.82) is 0 Å². The molecule has 0 radical (unpaired) electrons. The van der Waals surface area contributed by atoms with Crippen LogP contribution in [-0.4, -0.2) is 28.0 Å². The number of anilines is 1. The third kappa shape index (κ3) is 2.74. The van der Waals surface area contributed by atoms with Crippen LogP contribution in [0, 0.1) is 0 Å². The van der Waals surface area contributed by atoms with Crippen LogP contribution in [0.15, 0.2) is 35.1 Å². The molecule has 0 unspecified atom stereocenters. The molecule has 23 heavy (non-hydrogen) atoms. The Kier molecular flexibility index (Phi) is 3.71. The van der Waals surface area contributed by atoms with Crippen LogP contribution in [0.5, 0.6) is 0 Å². The Balaban J connectivity index is 2.35. The molecule has 2 aromatic heterocycles. The van der Waals surface area contributed by atoms with Gasteiger partial charge in [-0.1, -0.05) is 23.7 Å². The highest BCUT2D eigenvalue weighted by atomic mass is 35.5. The van der Waals surface area contributed by atoms with Crippen molar-refractivity contribution in [2.24, 2.45) is 0 Å². The number of nitrogens with one attached hydrogen (secondary N) is 1. The van der Waals surface area contributed by atoms with Gasteiger partial charge in [-0.3, -0.25) is 9.78 Å². The lowest BCUT2D eigenvalue weighted by atomic mass is 10.1. The van der Waals surface area contributed by atoms with Crippen LogP contribution in [-0.2, 0) is 4.74 Å². The van der Waals surface area contributed by atoms with E-state index in [1.807, 2.05) is 0 Å². The second-order valence-corrected chi connectivity index (χ2v) is 5.14. The number of aromatic nitrogens is 3. The first-order valence-corrected chi connectivity index (χ1v) is 6.92. The first-order valence-electron chi connectivity index (χ1n) is 6.54. The van der Waals surface area contributed by atoms with Crippen molar-refractivity contribution in [2.45, 2.75) is 0 Å². The SMILES string of the molecule is COC(=O)c1cc(-c2ccc(Cl)cc2)nc2nc(N)[nH]c(=O)c12. The number of benzene rings is 1. The molecular formula is C15H11ClN4O3. The van der Waals surface area contributed by atoms with E-state index in [0.29, 0.717) is 16.3 Å². The van der Waals surface area contributed by atoms with Crippen molar-refractivity contribution < 1.29 is 9.53 Å². The standard InChI is InChI=1S/C15H11ClN4O3/c1-23-14(22)9-6-10(7-2-4-8(16)5-3-7)18-12-11(9)13(21)20-15(17)19-12/h2-6H,1H3,(H3,17,18,19,20,21). The number of nitrogens with two attached hydrogens (primary N) is 1. The minimum atomic E-state index is -0.662. The van der Waals surface area contributed by atoms with E-state index in [4.69, 9.17) is 22.1 Å². The zero-order valence-electron chi connectivity index (χ0n) is 12.0. The van der Waals surface area contributed by atoms with E-state index >= 15 is 0 Å². The number of carbonyl (C=O) groups is 1. The van der Waals surface area contributed by atoms with Gasteiger partial charge in [-0.15, -0.1) is 0 Å². The molecule has 0 atom stereocenters. The maximum absolute atomic E-state index is 12.1. The molecule has 0 saturated heterocycles. The topological polar surface area (TPSA) is 111 Å². The van der Waals surface area contributed by atoms with Gasteiger partial charge in [-0.05, 0) is 18.2 Å². The molecule has 0 saturated carbocycles. The fourth-order valence-corrected chi connectivity index (χ4v) is 2.32. The summed E-state index contributed by atoms with van der Waals surface area (Å²) in [5.74, 6) is -0.747. The summed E-state index contributed by atoms with van der Waals surface area (Å²) in [6.45, 7) is 0. The molecule has 0 spiro atoms. The number of nitrogens with zero attached hydrogens (tertiary/aromatic N) is 2. The number of hydrogen-bond donors (Lipinski definition) is 2. The molecule has 2 heterocycles. The van der Waals surface area contributed by atoms with Crippen molar-refractivity contribution in [1.82, 2.24) is 15.0 Å². The predicted octanol–water partition coefficient (Wildman–Crippen LogP) is 2.01. The van der Waals surface area contributed by atoms with Crippen LogP contribution < -0.4 is 11.3 Å². The molecule has 1 aromatic carbocycles. The van der Waals surface area contributed by atoms with Crippen LogP contribution in [0.4, 0.5) is 5.95 Å². The van der Waals surface area contributed by atoms with Crippen molar-refractivity contribution in [3.05, 3.63) is 51.3 Å². The van der Waals surface area contributed by atoms with Gasteiger partial charge in [0.25, 0.3) is 5.56 Å². The highest BCUT2D eigenvalue weighted by Crippen LogP contribution is 2.24. The number of esters is 1. The monoisotopic (exact) mass is 330 g/mol. The first-order chi connectivity index (χ1) is 11.0. The van der Waals surface area contributed by atoms with Gasteiger partial charge in [0.15, 0.2) is 5.65 Å². The number of rotatable bonds is 2. The van der Waals surface area contributed by atoms with Gasteiger partial charge >= 0.3 is 5.97 Å². The van der Waals surface area contributed by atoms with Crippen molar-refractivity contribution in [3.8, 4) is 11.3 Å². The van der Waals surface area contributed by atoms with Crippen LogP contribution in [0.3, 0.4) is 0 Å². The molecule has 3 N–H and O–H groups in total. The smallest absolute Gasteiger partial charge is 0.338 e. The van der Waals surface area contributed by atoms with Gasteiger partial charge < -0.3 is 10.5 Å². The molecule has 3 rings (SSSR count). The molecule has 0 bridgehead atoms. The summed E-state index contributed by atoms with van der Waals surface area (Å²) in [5.41, 5.74) is 6.29. The molecule has 8 heteroatoms. The molecule has 3 aromatic rings. The summed E-state index contributed by atoms with van der Waals surface area (Å²) < 4.78 is 4.74. The Morgan fingerprint density at radius 2 is 1.96 bits per heavy atom. The van der Waals surface area contributed by atoms with Gasteiger partial charge in [0.1, 0.15) is 0 Å². The molecule has 0 aliphatic heterocycles. The molecular weight excluding hydrogens is 320 g/mol. The number of pyridine rings is 1. The molecule has 116 valence electrons. The lowest BCUT2D eigenvalue weighted by Crippen LogP contribution is -2.16. The Hall–Kier alpha value is -2.93. The number of halogens is 1. The average molecular weight is 331 g/mol. The van der Waals surface area contributed by atoms with Crippen LogP contribution in [0.1, 0.15) is 10.4 Å². The average Bonchev–Trinajstić information content (AvgIpc) is 2.53. The summed E-state index contributed by atoms with van der Waals surface area (Å²) in [6, 6.07) is 8.35. The summed E-state index contributed by atoms with van der Waals surface area (Å²) in [7, 11) is 1.23. The number of hydrogen-bond acceptors (Lipinski definition) is 6. The Labute approximate surface area is 135 Å². The Bertz CT molecular complexity index is 967. The van der Waals surface area contributed by atoms with Gasteiger partial charge in [0, 0.05) is 10.6 Å². The normalized spacial score (nSPS) is 10.7. The van der Waals surface area contributed by atoms with Gasteiger partial charge in [-0.25, -0.2) is 9.78 Å². The minimum absolute atomic E-state index is 0.0313. The quantitative estimate of drug-likeness (QED) is 0.695. The fourth-order valence-electron chi connectivity index (χ4n) is 2.20. The second kappa shape index (κ2) is 5.69. The number of carbonyl (C=O) groups excluding carboxylic acids is 1. The second-order valence-electron chi connectivity index (χ2n) is 4.70. The highest BCUT2D eigenvalue weighted by molar-refractivity contribution is 6.30. The number of methoxy groups -OCH3 is 1. The van der Waals surface area contributed by atoms with Crippen LogP contribution >= 0.6 is 11.6 Å². The highest BCUT2D eigenvalue weighted by Gasteiger charge is 2.18. The molecule has 0 aliphatic carbocycles. The summed E-state index contributed by atoms with van der Waals surface area (Å²) >= 11 is 5.87. The van der Waals surface area contributed by atoms with Gasteiger partial charge in [0.2, 0.25) is 5.95 Å². The molecule has 0 amide bonds. The van der Waals surface area contributed by atoms with Crippen molar-refractivity contribution in [2.75, 3.05) is 12.8 Å². The van der Waals surface area contributed by atoms with E-state index in [1.54, 1.807) is 24.3 Å². The number of fused-ring (bicyclic) bond motifs is 1. The number of H-pyrrole nitrogens is 1. The van der Waals surface area contributed by atoms with E-state index < -0.39 is 11.5 Å². The van der Waals surface area contributed by atoms with E-state index in [0.717, 1.165) is 0 Å². The Morgan fingerprint density at radius 1 is 1.26 bits per heavy atom. The predicted molar refractivity (Wildman–Crippen MR) is 86.4 cm³/mol. The van der Waals surface area contributed by atoms with Gasteiger partial charge in [-0.2, -0.15) is 4.98 Å². The van der Waals surface area contributed by atoms with Gasteiger partial charge in [0.05, 0.1) is 23.8 Å². The first kappa shape index (κ1) is 15.0. The Morgan fingerprint density at radius 3 is 2.61 bits per heavy atom. The third-order valence-corrected chi connectivity index (χ3v) is 3.49. The van der Waals surface area contributed by atoms with E-state index in [-0.39, 0.29) is 22.5 Å².